The third kappa shape index (κ3) is 4.37. The molecule has 2 saturated heterocycles. The van der Waals surface area contributed by atoms with Crippen LogP contribution in [0.5, 0.6) is 5.75 Å². The number of carbonyl (C=O) groups excluding carboxylic acids is 1. The molecule has 0 spiro atoms. The van der Waals surface area contributed by atoms with Crippen LogP contribution < -0.4 is 4.74 Å². The summed E-state index contributed by atoms with van der Waals surface area (Å²) < 4.78 is 8.25. The van der Waals surface area contributed by atoms with E-state index in [1.807, 2.05) is 53.7 Å². The van der Waals surface area contributed by atoms with Gasteiger partial charge in [-0.05, 0) is 75.0 Å². The molecule has 0 atom stereocenters. The Morgan fingerprint density at radius 1 is 1.06 bits per heavy atom. The Bertz CT molecular complexity index is 1060. The first-order chi connectivity index (χ1) is 15.7. The van der Waals surface area contributed by atoms with Crippen LogP contribution in [0.3, 0.4) is 0 Å². The Morgan fingerprint density at radius 3 is 2.59 bits per heavy atom. The van der Waals surface area contributed by atoms with Gasteiger partial charge in [0.15, 0.2) is 0 Å². The smallest absolute Gasteiger partial charge is 0.253 e. The van der Waals surface area contributed by atoms with E-state index in [2.05, 4.69) is 21.4 Å². The fourth-order valence-corrected chi connectivity index (χ4v) is 4.92. The molecule has 0 radical (unpaired) electrons. The molecule has 168 valence electrons. The Hall–Kier alpha value is -2.86. The Kier molecular flexibility index (Phi) is 6.12. The highest BCUT2D eigenvalue weighted by atomic mass is 16.5. The summed E-state index contributed by atoms with van der Waals surface area (Å²) in [5, 5.41) is 1.05. The van der Waals surface area contributed by atoms with E-state index < -0.39 is 0 Å². The summed E-state index contributed by atoms with van der Waals surface area (Å²) in [6.07, 6.45) is 9.68. The van der Waals surface area contributed by atoms with Crippen LogP contribution in [-0.2, 0) is 0 Å². The topological polar surface area (TPSA) is 50.6 Å². The number of pyridine rings is 1. The van der Waals surface area contributed by atoms with Crippen molar-refractivity contribution in [3.05, 3.63) is 54.4 Å². The van der Waals surface area contributed by atoms with Gasteiger partial charge in [0.2, 0.25) is 0 Å². The quantitative estimate of drug-likeness (QED) is 0.575. The number of carbonyl (C=O) groups is 1. The lowest BCUT2D eigenvalue weighted by molar-refractivity contribution is 0.0793. The number of rotatable bonds is 6. The molecule has 1 aromatic carbocycles. The summed E-state index contributed by atoms with van der Waals surface area (Å²) in [6.45, 7) is 7.38. The second-order valence-corrected chi connectivity index (χ2v) is 8.97. The SMILES string of the molecule is CCCN1CCC(Oc2ccc(-n3ccc4cc(C(=O)N5CCCC5)ccc43)nc2)CC1. The van der Waals surface area contributed by atoms with Crippen molar-refractivity contribution in [3.63, 3.8) is 0 Å². The zero-order valence-electron chi connectivity index (χ0n) is 18.9. The second-order valence-electron chi connectivity index (χ2n) is 8.97. The third-order valence-corrected chi connectivity index (χ3v) is 6.68. The van der Waals surface area contributed by atoms with Crippen LogP contribution in [0.1, 0.15) is 49.4 Å². The van der Waals surface area contributed by atoms with Crippen molar-refractivity contribution in [2.24, 2.45) is 0 Å². The largest absolute Gasteiger partial charge is 0.489 e. The minimum Gasteiger partial charge on any atom is -0.489 e. The first-order valence-corrected chi connectivity index (χ1v) is 12.0. The molecule has 2 aromatic heterocycles. The molecule has 6 nitrogen and oxygen atoms in total. The summed E-state index contributed by atoms with van der Waals surface area (Å²) in [5.41, 5.74) is 1.81. The normalized spacial score (nSPS) is 17.8. The minimum absolute atomic E-state index is 0.136. The molecular formula is C26H32N4O2. The first-order valence-electron chi connectivity index (χ1n) is 12.0. The predicted octanol–water partition coefficient (Wildman–Crippen LogP) is 4.51. The Morgan fingerprint density at radius 2 is 1.88 bits per heavy atom. The van der Waals surface area contributed by atoms with Crippen LogP contribution in [0.25, 0.3) is 16.7 Å². The zero-order valence-corrected chi connectivity index (χ0v) is 18.9. The number of fused-ring (bicyclic) bond motifs is 1. The molecule has 32 heavy (non-hydrogen) atoms. The fraction of sp³-hybridized carbons (Fsp3) is 0.462. The molecule has 1 amide bonds. The van der Waals surface area contributed by atoms with Gasteiger partial charge in [-0.1, -0.05) is 6.92 Å². The van der Waals surface area contributed by atoms with Gasteiger partial charge in [-0.25, -0.2) is 4.98 Å². The molecule has 4 heterocycles. The average molecular weight is 433 g/mol. The highest BCUT2D eigenvalue weighted by molar-refractivity contribution is 5.98. The predicted molar refractivity (Wildman–Crippen MR) is 127 cm³/mol. The number of likely N-dealkylation sites (tertiary alicyclic amines) is 2. The van der Waals surface area contributed by atoms with Gasteiger partial charge in [-0.3, -0.25) is 4.79 Å². The molecule has 0 N–H and O–H groups in total. The van der Waals surface area contributed by atoms with Crippen molar-refractivity contribution in [1.82, 2.24) is 19.4 Å². The van der Waals surface area contributed by atoms with E-state index >= 15 is 0 Å². The van der Waals surface area contributed by atoms with E-state index in [4.69, 9.17) is 4.74 Å². The van der Waals surface area contributed by atoms with Crippen molar-refractivity contribution < 1.29 is 9.53 Å². The zero-order chi connectivity index (χ0) is 21.9. The molecule has 2 aliphatic rings. The fourth-order valence-electron chi connectivity index (χ4n) is 4.92. The monoisotopic (exact) mass is 432 g/mol. The van der Waals surface area contributed by atoms with E-state index in [9.17, 15) is 4.79 Å². The summed E-state index contributed by atoms with van der Waals surface area (Å²) in [5.74, 6) is 1.82. The van der Waals surface area contributed by atoms with Crippen molar-refractivity contribution in [1.29, 1.82) is 0 Å². The number of nitrogens with zero attached hydrogens (tertiary/aromatic N) is 4. The molecular weight excluding hydrogens is 400 g/mol. The van der Waals surface area contributed by atoms with E-state index in [-0.39, 0.29) is 12.0 Å². The molecule has 2 fully saturated rings. The number of hydrogen-bond acceptors (Lipinski definition) is 4. The molecule has 0 saturated carbocycles. The summed E-state index contributed by atoms with van der Waals surface area (Å²) in [6, 6.07) is 12.0. The second kappa shape index (κ2) is 9.33. The Balaban J connectivity index is 1.26. The van der Waals surface area contributed by atoms with Gasteiger partial charge >= 0.3 is 0 Å². The summed E-state index contributed by atoms with van der Waals surface area (Å²) >= 11 is 0. The molecule has 3 aromatic rings. The van der Waals surface area contributed by atoms with Crippen LogP contribution in [0.15, 0.2) is 48.8 Å². The van der Waals surface area contributed by atoms with Crippen molar-refractivity contribution in [2.45, 2.75) is 45.1 Å². The van der Waals surface area contributed by atoms with Gasteiger partial charge in [0.25, 0.3) is 5.91 Å². The highest BCUT2D eigenvalue weighted by Crippen LogP contribution is 2.24. The van der Waals surface area contributed by atoms with E-state index in [1.54, 1.807) is 0 Å². The van der Waals surface area contributed by atoms with Crippen LogP contribution in [0.2, 0.25) is 0 Å². The van der Waals surface area contributed by atoms with Crippen LogP contribution in [0, 0.1) is 0 Å². The van der Waals surface area contributed by atoms with Gasteiger partial charge in [-0.2, -0.15) is 0 Å². The van der Waals surface area contributed by atoms with Gasteiger partial charge in [-0.15, -0.1) is 0 Å². The van der Waals surface area contributed by atoms with Crippen molar-refractivity contribution in [2.75, 3.05) is 32.7 Å². The maximum atomic E-state index is 12.7. The molecule has 6 heteroatoms. The van der Waals surface area contributed by atoms with Crippen LogP contribution in [-0.4, -0.2) is 64.1 Å². The van der Waals surface area contributed by atoms with Crippen LogP contribution in [0.4, 0.5) is 0 Å². The lowest BCUT2D eigenvalue weighted by Crippen LogP contribution is -2.38. The van der Waals surface area contributed by atoms with E-state index in [1.165, 1.54) is 13.0 Å². The number of piperidine rings is 1. The summed E-state index contributed by atoms with van der Waals surface area (Å²) in [4.78, 5) is 21.8. The first kappa shape index (κ1) is 21.0. The number of ether oxygens (including phenoxy) is 1. The molecule has 5 rings (SSSR count). The number of benzene rings is 1. The average Bonchev–Trinajstić information content (AvgIpc) is 3.51. The molecule has 0 bridgehead atoms. The number of hydrogen-bond donors (Lipinski definition) is 0. The molecule has 0 unspecified atom stereocenters. The van der Waals surface area contributed by atoms with Gasteiger partial charge in [0.1, 0.15) is 17.7 Å². The van der Waals surface area contributed by atoms with E-state index in [0.717, 1.165) is 79.9 Å². The van der Waals surface area contributed by atoms with Gasteiger partial charge in [0.05, 0.1) is 11.7 Å². The highest BCUT2D eigenvalue weighted by Gasteiger charge is 2.21. The summed E-state index contributed by atoms with van der Waals surface area (Å²) in [7, 11) is 0. The molecule has 2 aliphatic heterocycles. The lowest BCUT2D eigenvalue weighted by atomic mass is 10.1. The number of aromatic nitrogens is 2. The maximum Gasteiger partial charge on any atom is 0.253 e. The van der Waals surface area contributed by atoms with Crippen LogP contribution >= 0.6 is 0 Å². The van der Waals surface area contributed by atoms with Gasteiger partial charge < -0.3 is 19.1 Å². The van der Waals surface area contributed by atoms with E-state index in [0.29, 0.717) is 0 Å². The maximum absolute atomic E-state index is 12.7. The number of amides is 1. The van der Waals surface area contributed by atoms with Crippen molar-refractivity contribution in [3.8, 4) is 11.6 Å². The third-order valence-electron chi connectivity index (χ3n) is 6.68. The standard InChI is InChI=1S/C26H32N4O2/c1-2-12-28-15-10-22(11-16-28)32-23-6-8-25(27-19-23)30-17-9-20-18-21(5-7-24(20)30)26(31)29-13-3-4-14-29/h5-9,17-19,22H,2-4,10-16H2,1H3. The minimum atomic E-state index is 0.136. The van der Waals surface area contributed by atoms with Crippen molar-refractivity contribution >= 4 is 16.8 Å². The Labute approximate surface area is 189 Å². The lowest BCUT2D eigenvalue weighted by Gasteiger charge is -2.31. The molecule has 0 aliphatic carbocycles. The van der Waals surface area contributed by atoms with Gasteiger partial charge in [0, 0.05) is 43.3 Å².